The zero-order valence-corrected chi connectivity index (χ0v) is 31.7. The molecule has 1 fully saturated rings. The van der Waals surface area contributed by atoms with E-state index in [1.165, 1.54) is 19.3 Å². The zero-order chi connectivity index (χ0) is 38.4. The number of hydrogen-bond acceptors (Lipinski definition) is 10. The number of carbonyl (C=O) groups is 5. The highest BCUT2D eigenvalue weighted by molar-refractivity contribution is 5.88. The van der Waals surface area contributed by atoms with Crippen molar-refractivity contribution >= 4 is 29.8 Å². The minimum absolute atomic E-state index is 0.0470. The van der Waals surface area contributed by atoms with Crippen molar-refractivity contribution in [1.29, 1.82) is 0 Å². The molecule has 0 aromatic carbocycles. The van der Waals surface area contributed by atoms with Crippen LogP contribution in [0.3, 0.4) is 0 Å². The van der Waals surface area contributed by atoms with Gasteiger partial charge in [-0.1, -0.05) is 60.1 Å². The molecule has 0 amide bonds. The van der Waals surface area contributed by atoms with E-state index in [1.807, 2.05) is 20.8 Å². The lowest BCUT2D eigenvalue weighted by molar-refractivity contribution is -0.146. The number of carbonyl (C=O) groups excluding carboxylic acids is 5. The van der Waals surface area contributed by atoms with E-state index in [4.69, 9.17) is 18.9 Å². The van der Waals surface area contributed by atoms with Crippen LogP contribution in [0.15, 0.2) is 60.8 Å². The van der Waals surface area contributed by atoms with E-state index in [0.29, 0.717) is 53.6 Å². The van der Waals surface area contributed by atoms with E-state index in [0.717, 1.165) is 19.3 Å². The zero-order valence-electron chi connectivity index (χ0n) is 31.7. The SMILES string of the molecule is C=C(C)C(=O)OC(C)C.C=C(C)C(=O)OC1CCCCC1.C=C(C)C(=O)OCC.C=C(C)C(=O)OCC(C)C.C=C(C)C(=O)OCCC. The van der Waals surface area contributed by atoms with Crippen molar-refractivity contribution in [2.45, 2.75) is 127 Å². The largest absolute Gasteiger partial charge is 0.463 e. The number of rotatable bonds is 12. The van der Waals surface area contributed by atoms with Gasteiger partial charge in [0, 0.05) is 27.9 Å². The maximum Gasteiger partial charge on any atom is 0.333 e. The standard InChI is InChI=1S/C10H16O2.C8H14O2.2C7H12O2.C6H10O2/c1-8(2)10(11)12-9-6-4-3-5-7-9;1-6(2)5-10-8(9)7(3)4;1-5(2)7(8)9-6(3)4;1-4-5-9-7(8)6(2)3;1-4-8-6(7)5(2)3/h9H,1,3-7H2,2H3;6H,3,5H2,1-2,4H3;6H,1H2,2-4H3;2,4-5H2,1,3H3;2,4H2,1,3H3. The Kier molecular flexibility index (Phi) is 33.5. The highest BCUT2D eigenvalue weighted by Crippen LogP contribution is 2.20. The third kappa shape index (κ3) is 36.5. The Balaban J connectivity index is -0.000000254. The van der Waals surface area contributed by atoms with Crippen LogP contribution < -0.4 is 0 Å². The molecule has 1 aliphatic carbocycles. The summed E-state index contributed by atoms with van der Waals surface area (Å²) < 4.78 is 24.1. The second-order valence-electron chi connectivity index (χ2n) is 11.9. The van der Waals surface area contributed by atoms with E-state index >= 15 is 0 Å². The molecule has 0 heterocycles. The smallest absolute Gasteiger partial charge is 0.333 e. The monoisotopic (exact) mass is 680 g/mol. The van der Waals surface area contributed by atoms with Crippen LogP contribution in [0.5, 0.6) is 0 Å². The molecule has 0 radical (unpaired) electrons. The molecule has 10 heteroatoms. The molecule has 276 valence electrons. The van der Waals surface area contributed by atoms with Crippen LogP contribution in [-0.4, -0.2) is 61.9 Å². The van der Waals surface area contributed by atoms with Gasteiger partial charge in [-0.3, -0.25) is 0 Å². The third-order valence-corrected chi connectivity index (χ3v) is 5.17. The van der Waals surface area contributed by atoms with Crippen molar-refractivity contribution in [2.75, 3.05) is 19.8 Å². The second-order valence-corrected chi connectivity index (χ2v) is 11.9. The first-order valence-electron chi connectivity index (χ1n) is 16.3. The van der Waals surface area contributed by atoms with Crippen molar-refractivity contribution in [2.24, 2.45) is 5.92 Å². The topological polar surface area (TPSA) is 132 Å². The van der Waals surface area contributed by atoms with Crippen LogP contribution in [0.1, 0.15) is 115 Å². The molecule has 0 N–H and O–H groups in total. The van der Waals surface area contributed by atoms with Crippen LogP contribution in [0, 0.1) is 5.92 Å². The Bertz CT molecular complexity index is 1040. The number of esters is 5. The summed E-state index contributed by atoms with van der Waals surface area (Å²) in [6.07, 6.45) is 6.68. The first-order chi connectivity index (χ1) is 22.1. The van der Waals surface area contributed by atoms with Gasteiger partial charge in [0.15, 0.2) is 0 Å². The van der Waals surface area contributed by atoms with Crippen molar-refractivity contribution in [3.05, 3.63) is 60.8 Å². The van der Waals surface area contributed by atoms with Gasteiger partial charge < -0.3 is 23.7 Å². The average molecular weight is 681 g/mol. The molecule has 0 aromatic heterocycles. The molecule has 1 rings (SSSR count). The molecule has 0 atom stereocenters. The molecule has 0 aromatic rings. The van der Waals surface area contributed by atoms with Crippen LogP contribution in [0.4, 0.5) is 0 Å². The van der Waals surface area contributed by atoms with Gasteiger partial charge in [0.25, 0.3) is 0 Å². The summed E-state index contributed by atoms with van der Waals surface area (Å²) in [6.45, 7) is 38.2. The molecule has 10 nitrogen and oxygen atoms in total. The van der Waals surface area contributed by atoms with Crippen molar-refractivity contribution < 1.29 is 47.7 Å². The predicted molar refractivity (Wildman–Crippen MR) is 192 cm³/mol. The Morgan fingerprint density at radius 1 is 0.583 bits per heavy atom. The lowest BCUT2D eigenvalue weighted by atomic mass is 9.98. The fourth-order valence-electron chi connectivity index (χ4n) is 2.69. The van der Waals surface area contributed by atoms with Crippen molar-refractivity contribution in [3.8, 4) is 0 Å². The fourth-order valence-corrected chi connectivity index (χ4v) is 2.69. The third-order valence-electron chi connectivity index (χ3n) is 5.17. The van der Waals surface area contributed by atoms with Gasteiger partial charge in [-0.25, -0.2) is 24.0 Å². The number of ether oxygens (including phenoxy) is 5. The molecular weight excluding hydrogens is 616 g/mol. The van der Waals surface area contributed by atoms with E-state index in [1.54, 1.807) is 55.4 Å². The van der Waals surface area contributed by atoms with Gasteiger partial charge in [0.05, 0.1) is 25.9 Å². The van der Waals surface area contributed by atoms with Gasteiger partial charge in [-0.15, -0.1) is 0 Å². The minimum Gasteiger partial charge on any atom is -0.463 e. The highest BCUT2D eigenvalue weighted by Gasteiger charge is 2.17. The molecule has 1 saturated carbocycles. The Labute approximate surface area is 290 Å². The van der Waals surface area contributed by atoms with E-state index < -0.39 is 0 Å². The quantitative estimate of drug-likeness (QED) is 0.113. The predicted octanol–water partition coefficient (Wildman–Crippen LogP) is 8.36. The van der Waals surface area contributed by atoms with Crippen molar-refractivity contribution in [3.63, 3.8) is 0 Å². The summed E-state index contributed by atoms with van der Waals surface area (Å²) in [6, 6.07) is 0. The molecule has 0 aliphatic heterocycles. The first kappa shape index (κ1) is 50.9. The molecular formula is C38H64O10. The maximum atomic E-state index is 11.1. The first-order valence-corrected chi connectivity index (χ1v) is 16.3. The van der Waals surface area contributed by atoms with Crippen LogP contribution in [0.2, 0.25) is 0 Å². The minimum atomic E-state index is -0.315. The fraction of sp³-hybridized carbons (Fsp3) is 0.605. The Morgan fingerprint density at radius 2 is 0.979 bits per heavy atom. The average Bonchev–Trinajstić information content (AvgIpc) is 2.99. The van der Waals surface area contributed by atoms with Crippen LogP contribution >= 0.6 is 0 Å². The lowest BCUT2D eigenvalue weighted by Crippen LogP contribution is -2.20. The molecule has 0 bridgehead atoms. The molecule has 1 aliphatic rings. The summed E-state index contributed by atoms with van der Waals surface area (Å²) in [5.41, 5.74) is 2.32. The van der Waals surface area contributed by atoms with Gasteiger partial charge in [0.1, 0.15) is 6.10 Å². The van der Waals surface area contributed by atoms with Gasteiger partial charge >= 0.3 is 29.8 Å². The van der Waals surface area contributed by atoms with Crippen LogP contribution in [-0.2, 0) is 47.7 Å². The second kappa shape index (κ2) is 31.6. The van der Waals surface area contributed by atoms with Crippen molar-refractivity contribution in [1.82, 2.24) is 0 Å². The number of hydrogen-bond donors (Lipinski definition) is 0. The summed E-state index contributed by atoms with van der Waals surface area (Å²) in [4.78, 5) is 53.4. The Morgan fingerprint density at radius 3 is 1.27 bits per heavy atom. The van der Waals surface area contributed by atoms with E-state index in [9.17, 15) is 24.0 Å². The van der Waals surface area contributed by atoms with E-state index in [2.05, 4.69) is 37.6 Å². The summed E-state index contributed by atoms with van der Waals surface area (Å²) in [5, 5.41) is 0. The summed E-state index contributed by atoms with van der Waals surface area (Å²) in [5.74, 6) is -1.06. The van der Waals surface area contributed by atoms with Crippen LogP contribution in [0.25, 0.3) is 0 Å². The van der Waals surface area contributed by atoms with Gasteiger partial charge in [0.2, 0.25) is 0 Å². The molecule has 0 spiro atoms. The molecule has 0 unspecified atom stereocenters. The Hall–Kier alpha value is -3.95. The van der Waals surface area contributed by atoms with Gasteiger partial charge in [-0.05, 0) is 93.4 Å². The van der Waals surface area contributed by atoms with E-state index in [-0.39, 0.29) is 42.1 Å². The highest BCUT2D eigenvalue weighted by atomic mass is 16.6. The molecule has 0 saturated heterocycles. The lowest BCUT2D eigenvalue weighted by Gasteiger charge is -2.21. The summed E-state index contributed by atoms with van der Waals surface area (Å²) in [7, 11) is 0. The summed E-state index contributed by atoms with van der Waals surface area (Å²) >= 11 is 0. The molecule has 48 heavy (non-hydrogen) atoms. The maximum absolute atomic E-state index is 11.1. The van der Waals surface area contributed by atoms with Gasteiger partial charge in [-0.2, -0.15) is 0 Å². The normalized spacial score (nSPS) is 11.4.